The summed E-state index contributed by atoms with van der Waals surface area (Å²) in [5, 5.41) is 7.23. The van der Waals surface area contributed by atoms with Crippen LogP contribution in [0, 0.1) is 0 Å². The minimum Gasteiger partial charge on any atom is -0.456 e. The highest BCUT2D eigenvalue weighted by molar-refractivity contribution is 6.13. The fourth-order valence-electron chi connectivity index (χ4n) is 8.65. The van der Waals surface area contributed by atoms with Gasteiger partial charge < -0.3 is 9.32 Å². The summed E-state index contributed by atoms with van der Waals surface area (Å²) in [5.74, 6) is 0. The summed E-state index contributed by atoms with van der Waals surface area (Å²) in [4.78, 5) is 2.38. The molecule has 266 valence electrons. The minimum atomic E-state index is 0.137. The van der Waals surface area contributed by atoms with Gasteiger partial charge in [0.05, 0.1) is 0 Å². The van der Waals surface area contributed by atoms with Crippen LogP contribution in [0.3, 0.4) is 0 Å². The molecule has 2 nitrogen and oxygen atoms in total. The van der Waals surface area contributed by atoms with Gasteiger partial charge in [0.15, 0.2) is 0 Å². The fourth-order valence-corrected chi connectivity index (χ4v) is 8.65. The van der Waals surface area contributed by atoms with E-state index in [1.54, 1.807) is 0 Å². The largest absolute Gasteiger partial charge is 0.456 e. The van der Waals surface area contributed by atoms with Crippen molar-refractivity contribution in [1.29, 1.82) is 0 Å². The lowest BCUT2D eigenvalue weighted by Crippen LogP contribution is -2.10. The third-order valence-electron chi connectivity index (χ3n) is 11.7. The summed E-state index contributed by atoms with van der Waals surface area (Å²) in [6.45, 7) is 6.80. The molecule has 0 aliphatic heterocycles. The molecule has 0 bridgehead atoms. The number of furan rings is 1. The van der Waals surface area contributed by atoms with E-state index in [-0.39, 0.29) is 5.41 Å². The van der Waals surface area contributed by atoms with Gasteiger partial charge >= 0.3 is 0 Å². The molecule has 1 aliphatic rings. The number of benzene rings is 9. The Morgan fingerprint density at radius 1 is 0.357 bits per heavy atom. The zero-order chi connectivity index (χ0) is 37.5. The molecule has 0 saturated heterocycles. The number of hydrogen-bond donors (Lipinski definition) is 0. The number of nitrogens with zero attached hydrogens (tertiary/aromatic N) is 1. The molecule has 2 heteroatoms. The lowest BCUT2D eigenvalue weighted by atomic mass is 9.77. The molecule has 56 heavy (non-hydrogen) atoms. The maximum absolute atomic E-state index is 6.25. The second-order valence-corrected chi connectivity index (χ2v) is 16.2. The van der Waals surface area contributed by atoms with Gasteiger partial charge in [-0.3, -0.25) is 0 Å². The van der Waals surface area contributed by atoms with Crippen LogP contribution in [0.25, 0.3) is 88.0 Å². The van der Waals surface area contributed by atoms with Crippen LogP contribution in [0.5, 0.6) is 0 Å². The highest BCUT2D eigenvalue weighted by Crippen LogP contribution is 2.51. The van der Waals surface area contributed by atoms with Crippen molar-refractivity contribution in [1.82, 2.24) is 0 Å². The van der Waals surface area contributed by atoms with Crippen molar-refractivity contribution in [3.63, 3.8) is 0 Å². The Kier molecular flexibility index (Phi) is 7.15. The van der Waals surface area contributed by atoms with Gasteiger partial charge in [0.1, 0.15) is 11.2 Å². The van der Waals surface area contributed by atoms with Crippen molar-refractivity contribution < 1.29 is 4.42 Å². The Balaban J connectivity index is 1.01. The Morgan fingerprint density at radius 2 is 0.893 bits per heavy atom. The van der Waals surface area contributed by atoms with Crippen molar-refractivity contribution in [3.8, 4) is 44.5 Å². The Hall–Kier alpha value is -6.90. The maximum Gasteiger partial charge on any atom is 0.135 e. The Bertz CT molecular complexity index is 3160. The molecule has 0 spiro atoms. The summed E-state index contributed by atoms with van der Waals surface area (Å²) >= 11 is 0. The smallest absolute Gasteiger partial charge is 0.135 e. The first kappa shape index (κ1) is 32.5. The van der Waals surface area contributed by atoms with Crippen LogP contribution in [-0.4, -0.2) is 0 Å². The summed E-state index contributed by atoms with van der Waals surface area (Å²) in [5.41, 5.74) is 16.7. The van der Waals surface area contributed by atoms with E-state index in [4.69, 9.17) is 4.42 Å². The van der Waals surface area contributed by atoms with Gasteiger partial charge in [-0.25, -0.2) is 0 Å². The molecule has 1 aliphatic carbocycles. The Morgan fingerprint density at radius 3 is 1.64 bits per heavy atom. The van der Waals surface area contributed by atoms with E-state index in [0.29, 0.717) is 0 Å². The van der Waals surface area contributed by atoms with Gasteiger partial charge in [-0.2, -0.15) is 0 Å². The number of fused-ring (bicyclic) bond motifs is 9. The number of anilines is 3. The highest BCUT2D eigenvalue weighted by Gasteiger charge is 2.25. The van der Waals surface area contributed by atoms with E-state index in [9.17, 15) is 0 Å². The van der Waals surface area contributed by atoms with E-state index in [1.807, 2.05) is 12.1 Å². The van der Waals surface area contributed by atoms with Gasteiger partial charge in [-0.05, 0) is 156 Å². The Labute approximate surface area is 326 Å². The summed E-state index contributed by atoms with van der Waals surface area (Å²) < 4.78 is 6.25. The van der Waals surface area contributed by atoms with Gasteiger partial charge in [0.2, 0.25) is 0 Å². The first-order valence-corrected chi connectivity index (χ1v) is 19.5. The molecular formula is C54H39NO. The molecule has 1 heterocycles. The summed E-state index contributed by atoms with van der Waals surface area (Å²) in [6.07, 6.45) is 0. The van der Waals surface area contributed by atoms with E-state index < -0.39 is 0 Å². The van der Waals surface area contributed by atoms with E-state index in [0.717, 1.165) is 39.0 Å². The number of hydrogen-bond acceptors (Lipinski definition) is 2. The van der Waals surface area contributed by atoms with Gasteiger partial charge in [0.25, 0.3) is 0 Å². The molecular weight excluding hydrogens is 679 g/mol. The predicted molar refractivity (Wildman–Crippen MR) is 237 cm³/mol. The van der Waals surface area contributed by atoms with Crippen LogP contribution in [0.15, 0.2) is 186 Å². The van der Waals surface area contributed by atoms with E-state index in [2.05, 4.69) is 196 Å². The van der Waals surface area contributed by atoms with Gasteiger partial charge in [-0.15, -0.1) is 0 Å². The van der Waals surface area contributed by atoms with Crippen LogP contribution in [0.4, 0.5) is 17.1 Å². The van der Waals surface area contributed by atoms with E-state index >= 15 is 0 Å². The van der Waals surface area contributed by atoms with Crippen molar-refractivity contribution in [2.24, 2.45) is 0 Å². The summed E-state index contributed by atoms with van der Waals surface area (Å²) in [6, 6.07) is 66.7. The molecule has 0 amide bonds. The quantitative estimate of drug-likeness (QED) is 0.176. The standard InChI is InChI=1S/C54H39NO/c1-54(2,3)42-21-18-35(19-22-42)37-16-17-38-29-47-48-30-39-20-23-44(28-41(39)32-50(48)49(47)31-40(38)26-37)55(43-13-9-12-36(27-43)34-10-5-4-6-11-34)45-24-25-53-51(33-45)46-14-7-8-15-52(46)56-53/h4-33H,1-3H3. The van der Waals surface area contributed by atoms with Crippen LogP contribution < -0.4 is 4.90 Å². The summed E-state index contributed by atoms with van der Waals surface area (Å²) in [7, 11) is 0. The lowest BCUT2D eigenvalue weighted by molar-refractivity contribution is 0.590. The van der Waals surface area contributed by atoms with Crippen LogP contribution >= 0.6 is 0 Å². The zero-order valence-corrected chi connectivity index (χ0v) is 31.7. The van der Waals surface area contributed by atoms with Crippen LogP contribution in [0.2, 0.25) is 0 Å². The number of rotatable bonds is 5. The molecule has 11 rings (SSSR count). The molecule has 10 aromatic rings. The van der Waals surface area contributed by atoms with E-state index in [1.165, 1.54) is 71.6 Å². The van der Waals surface area contributed by atoms with Crippen molar-refractivity contribution in [2.45, 2.75) is 26.2 Å². The molecule has 0 radical (unpaired) electrons. The molecule has 1 aromatic heterocycles. The highest BCUT2D eigenvalue weighted by atomic mass is 16.3. The van der Waals surface area contributed by atoms with Crippen LogP contribution in [-0.2, 0) is 5.41 Å². The molecule has 0 unspecified atom stereocenters. The first-order chi connectivity index (χ1) is 27.3. The molecule has 0 fully saturated rings. The lowest BCUT2D eigenvalue weighted by Gasteiger charge is -2.28. The molecule has 0 atom stereocenters. The normalized spacial score (nSPS) is 12.2. The average molecular weight is 718 g/mol. The third kappa shape index (κ3) is 5.33. The molecule has 0 N–H and O–H groups in total. The molecule has 0 saturated carbocycles. The number of para-hydroxylation sites is 1. The van der Waals surface area contributed by atoms with Crippen molar-refractivity contribution in [3.05, 3.63) is 188 Å². The monoisotopic (exact) mass is 717 g/mol. The average Bonchev–Trinajstić information content (AvgIpc) is 3.61. The second-order valence-electron chi connectivity index (χ2n) is 16.2. The SMILES string of the molecule is CC(C)(C)c1ccc(-c2ccc3cc4c(cc3c2)-c2cc3cc(N(c5cccc(-c6ccccc6)c5)c5ccc6oc7ccccc7c6c5)ccc3cc2-4)cc1. The molecule has 9 aromatic carbocycles. The third-order valence-corrected chi connectivity index (χ3v) is 11.7. The minimum absolute atomic E-state index is 0.137. The second kappa shape index (κ2) is 12.3. The fraction of sp³-hybridized carbons (Fsp3) is 0.0741. The van der Waals surface area contributed by atoms with Crippen LogP contribution in [0.1, 0.15) is 26.3 Å². The van der Waals surface area contributed by atoms with Crippen molar-refractivity contribution >= 4 is 60.5 Å². The first-order valence-electron chi connectivity index (χ1n) is 19.5. The van der Waals surface area contributed by atoms with Crippen molar-refractivity contribution in [2.75, 3.05) is 4.90 Å². The zero-order valence-electron chi connectivity index (χ0n) is 31.7. The van der Waals surface area contributed by atoms with Gasteiger partial charge in [0, 0.05) is 27.8 Å². The van der Waals surface area contributed by atoms with Gasteiger partial charge in [-0.1, -0.05) is 124 Å². The topological polar surface area (TPSA) is 16.4 Å². The maximum atomic E-state index is 6.25. The predicted octanol–water partition coefficient (Wildman–Crippen LogP) is 15.6.